The summed E-state index contributed by atoms with van der Waals surface area (Å²) in [7, 11) is 0. The van der Waals surface area contributed by atoms with Crippen molar-refractivity contribution in [2.75, 3.05) is 0 Å². The first-order valence-electron chi connectivity index (χ1n) is 10.3. The molecular formula is C24H28N4O2S. The lowest BCUT2D eigenvalue weighted by Crippen LogP contribution is -2.17. The summed E-state index contributed by atoms with van der Waals surface area (Å²) in [6.45, 7) is 12.6. The van der Waals surface area contributed by atoms with Crippen molar-refractivity contribution in [3.8, 4) is 5.75 Å². The van der Waals surface area contributed by atoms with Gasteiger partial charge < -0.3 is 14.5 Å². The molecule has 0 saturated carbocycles. The number of rotatable bonds is 4. The number of H-pyrrole nitrogens is 1. The Labute approximate surface area is 186 Å². The highest BCUT2D eigenvalue weighted by Gasteiger charge is 2.27. The SMILES string of the molecule is CC(C)(C)c1cc(Sc2nnc(Cc3nc4ccccc4[nH]3)o2)cc(C(C)(C)C)c1O. The van der Waals surface area contributed by atoms with Crippen LogP contribution in [0, 0.1) is 0 Å². The fraction of sp³-hybridized carbons (Fsp3) is 0.375. The summed E-state index contributed by atoms with van der Waals surface area (Å²) in [5.41, 5.74) is 3.33. The predicted octanol–water partition coefficient (Wildman–Crippen LogP) is 5.99. The van der Waals surface area contributed by atoms with Crippen LogP contribution in [-0.4, -0.2) is 25.3 Å². The van der Waals surface area contributed by atoms with Gasteiger partial charge in [0, 0.05) is 16.0 Å². The van der Waals surface area contributed by atoms with Gasteiger partial charge in [0.25, 0.3) is 5.22 Å². The third-order valence-corrected chi connectivity index (χ3v) is 5.92. The minimum atomic E-state index is -0.193. The molecule has 0 radical (unpaired) electrons. The molecule has 0 saturated heterocycles. The molecule has 0 atom stereocenters. The van der Waals surface area contributed by atoms with Crippen LogP contribution in [0.5, 0.6) is 5.75 Å². The van der Waals surface area contributed by atoms with Gasteiger partial charge in [0.1, 0.15) is 11.6 Å². The van der Waals surface area contributed by atoms with Crippen LogP contribution in [0.3, 0.4) is 0 Å². The van der Waals surface area contributed by atoms with E-state index in [2.05, 4.69) is 61.7 Å². The number of phenols is 1. The van der Waals surface area contributed by atoms with Crippen molar-refractivity contribution >= 4 is 22.8 Å². The predicted molar refractivity (Wildman–Crippen MR) is 123 cm³/mol. The molecule has 2 N–H and O–H groups in total. The van der Waals surface area contributed by atoms with E-state index in [9.17, 15) is 5.11 Å². The monoisotopic (exact) mass is 436 g/mol. The largest absolute Gasteiger partial charge is 0.507 e. The summed E-state index contributed by atoms with van der Waals surface area (Å²) < 4.78 is 5.89. The molecule has 31 heavy (non-hydrogen) atoms. The molecule has 0 fully saturated rings. The van der Waals surface area contributed by atoms with Gasteiger partial charge in [0.05, 0.1) is 17.5 Å². The van der Waals surface area contributed by atoms with E-state index in [4.69, 9.17) is 4.42 Å². The van der Waals surface area contributed by atoms with E-state index in [1.807, 2.05) is 36.4 Å². The molecule has 0 amide bonds. The molecule has 4 aromatic rings. The maximum absolute atomic E-state index is 10.9. The zero-order valence-electron chi connectivity index (χ0n) is 18.8. The molecule has 4 rings (SSSR count). The number of aromatic amines is 1. The summed E-state index contributed by atoms with van der Waals surface area (Å²) in [6.07, 6.45) is 0.443. The number of fused-ring (bicyclic) bond motifs is 1. The van der Waals surface area contributed by atoms with Crippen LogP contribution in [0.25, 0.3) is 11.0 Å². The first kappa shape index (κ1) is 21.4. The van der Waals surface area contributed by atoms with Gasteiger partial charge in [-0.15, -0.1) is 10.2 Å². The van der Waals surface area contributed by atoms with E-state index in [0.29, 0.717) is 23.3 Å². The Morgan fingerprint density at radius 3 is 2.23 bits per heavy atom. The zero-order valence-corrected chi connectivity index (χ0v) is 19.6. The second-order valence-electron chi connectivity index (χ2n) is 9.81. The van der Waals surface area contributed by atoms with Gasteiger partial charge in [-0.3, -0.25) is 0 Å². The lowest BCUT2D eigenvalue weighted by Gasteiger charge is -2.27. The summed E-state index contributed by atoms with van der Waals surface area (Å²) in [4.78, 5) is 8.82. The van der Waals surface area contributed by atoms with Gasteiger partial charge in [-0.2, -0.15) is 0 Å². The number of hydrogen-bond acceptors (Lipinski definition) is 6. The molecule has 0 aliphatic rings. The normalized spacial score (nSPS) is 12.6. The average molecular weight is 437 g/mol. The van der Waals surface area contributed by atoms with E-state index < -0.39 is 0 Å². The molecule has 0 aliphatic carbocycles. The molecule has 2 aromatic carbocycles. The van der Waals surface area contributed by atoms with E-state index >= 15 is 0 Å². The van der Waals surface area contributed by atoms with E-state index in [-0.39, 0.29) is 10.8 Å². The Balaban J connectivity index is 1.60. The second kappa shape index (κ2) is 7.71. The number of benzene rings is 2. The van der Waals surface area contributed by atoms with Crippen LogP contribution in [0.2, 0.25) is 0 Å². The van der Waals surface area contributed by atoms with E-state index in [0.717, 1.165) is 32.9 Å². The van der Waals surface area contributed by atoms with Crippen LogP contribution >= 0.6 is 11.8 Å². The maximum atomic E-state index is 10.9. The highest BCUT2D eigenvalue weighted by molar-refractivity contribution is 7.99. The van der Waals surface area contributed by atoms with Crippen molar-refractivity contribution in [1.82, 2.24) is 20.2 Å². The molecule has 162 valence electrons. The smallest absolute Gasteiger partial charge is 0.281 e. The summed E-state index contributed by atoms with van der Waals surface area (Å²) in [6, 6.07) is 11.9. The van der Waals surface area contributed by atoms with Crippen molar-refractivity contribution in [2.24, 2.45) is 0 Å². The molecule has 0 unspecified atom stereocenters. The number of aromatic hydroxyl groups is 1. The first-order valence-corrected chi connectivity index (χ1v) is 11.1. The average Bonchev–Trinajstić information content (AvgIpc) is 3.27. The first-order chi connectivity index (χ1) is 14.5. The Morgan fingerprint density at radius 1 is 0.968 bits per heavy atom. The molecule has 0 spiro atoms. The van der Waals surface area contributed by atoms with Gasteiger partial charge in [-0.1, -0.05) is 53.7 Å². The number of nitrogens with zero attached hydrogens (tertiary/aromatic N) is 3. The Hall–Kier alpha value is -2.80. The minimum Gasteiger partial charge on any atom is -0.507 e. The molecule has 2 heterocycles. The molecule has 2 aromatic heterocycles. The van der Waals surface area contributed by atoms with Crippen LogP contribution in [0.15, 0.2) is 50.9 Å². The minimum absolute atomic E-state index is 0.193. The molecule has 7 heteroatoms. The lowest BCUT2D eigenvalue weighted by molar-refractivity contribution is 0.417. The number of para-hydroxylation sites is 2. The van der Waals surface area contributed by atoms with Gasteiger partial charge in [-0.25, -0.2) is 4.98 Å². The Bertz CT molecular complexity index is 1160. The van der Waals surface area contributed by atoms with Crippen molar-refractivity contribution < 1.29 is 9.52 Å². The van der Waals surface area contributed by atoms with Crippen LogP contribution in [0.4, 0.5) is 0 Å². The van der Waals surface area contributed by atoms with Crippen LogP contribution < -0.4 is 0 Å². The topological polar surface area (TPSA) is 87.8 Å². The summed E-state index contributed by atoms with van der Waals surface area (Å²) in [5, 5.41) is 19.8. The second-order valence-corrected chi connectivity index (χ2v) is 10.8. The van der Waals surface area contributed by atoms with Gasteiger partial charge in [-0.05, 0) is 46.9 Å². The number of hydrogen-bond donors (Lipinski definition) is 2. The van der Waals surface area contributed by atoms with Crippen LogP contribution in [0.1, 0.15) is 64.4 Å². The molecule has 6 nitrogen and oxygen atoms in total. The van der Waals surface area contributed by atoms with Crippen molar-refractivity contribution in [3.63, 3.8) is 0 Å². The van der Waals surface area contributed by atoms with Crippen molar-refractivity contribution in [1.29, 1.82) is 0 Å². The zero-order chi connectivity index (χ0) is 22.4. The van der Waals surface area contributed by atoms with E-state index in [1.54, 1.807) is 0 Å². The molecular weight excluding hydrogens is 408 g/mol. The quantitative estimate of drug-likeness (QED) is 0.409. The summed E-state index contributed by atoms with van der Waals surface area (Å²) >= 11 is 1.41. The molecule has 0 bridgehead atoms. The molecule has 0 aliphatic heterocycles. The number of aromatic nitrogens is 4. The third-order valence-electron chi connectivity index (χ3n) is 5.11. The Kier molecular flexibility index (Phi) is 5.33. The fourth-order valence-corrected chi connectivity index (χ4v) is 4.27. The highest BCUT2D eigenvalue weighted by Crippen LogP contribution is 2.42. The number of nitrogens with one attached hydrogen (secondary N) is 1. The highest BCUT2D eigenvalue weighted by atomic mass is 32.2. The number of imidazole rings is 1. The standard InChI is InChI=1S/C24H28N4O2S/c1-23(2,3)15-11-14(12-16(21(15)29)24(4,5)6)31-22-28-27-20(30-22)13-19-25-17-9-7-8-10-18(17)26-19/h7-12,29H,13H2,1-6H3,(H,25,26). The van der Waals surface area contributed by atoms with Crippen molar-refractivity contribution in [3.05, 3.63) is 59.2 Å². The van der Waals surface area contributed by atoms with Crippen molar-refractivity contribution in [2.45, 2.75) is 68.9 Å². The van der Waals surface area contributed by atoms with Gasteiger partial charge in [0.2, 0.25) is 5.89 Å². The lowest BCUT2D eigenvalue weighted by atomic mass is 9.79. The van der Waals surface area contributed by atoms with E-state index in [1.165, 1.54) is 11.8 Å². The third kappa shape index (κ3) is 4.61. The number of phenolic OH excluding ortho intramolecular Hbond substituents is 1. The summed E-state index contributed by atoms with van der Waals surface area (Å²) in [5.74, 6) is 1.66. The fourth-order valence-electron chi connectivity index (χ4n) is 3.49. The Morgan fingerprint density at radius 2 is 1.61 bits per heavy atom. The van der Waals surface area contributed by atoms with Gasteiger partial charge in [0.15, 0.2) is 0 Å². The van der Waals surface area contributed by atoms with Gasteiger partial charge >= 0.3 is 0 Å². The van der Waals surface area contributed by atoms with Crippen LogP contribution in [-0.2, 0) is 17.3 Å². The maximum Gasteiger partial charge on any atom is 0.281 e.